The fraction of sp³-hybridized carbons (Fsp3) is 0.167. The number of hydrogen-bond acceptors (Lipinski definition) is 6. The van der Waals surface area contributed by atoms with E-state index in [1.165, 1.54) is 24.3 Å². The van der Waals surface area contributed by atoms with Crippen LogP contribution in [0.25, 0.3) is 21.9 Å². The Kier molecular flexibility index (Phi) is 6.22. The molecule has 1 aliphatic rings. The largest absolute Gasteiger partial charge is 0.493 e. The number of aromatic amines is 1. The molecule has 5 aromatic rings. The molecular weight excluding hydrogens is 515 g/mol. The highest BCUT2D eigenvalue weighted by Gasteiger charge is 2.56. The van der Waals surface area contributed by atoms with E-state index < -0.39 is 17.1 Å². The number of rotatable bonds is 8. The van der Waals surface area contributed by atoms with Gasteiger partial charge in [0.25, 0.3) is 0 Å². The lowest BCUT2D eigenvalue weighted by atomic mass is 10.0. The molecule has 1 aliphatic carbocycles. The molecule has 202 valence electrons. The van der Waals surface area contributed by atoms with Crippen LogP contribution in [0.1, 0.15) is 12.8 Å². The fourth-order valence-electron chi connectivity index (χ4n) is 4.62. The third-order valence-electron chi connectivity index (χ3n) is 7.01. The predicted molar refractivity (Wildman–Crippen MR) is 149 cm³/mol. The van der Waals surface area contributed by atoms with Crippen LogP contribution in [0, 0.1) is 11.2 Å². The fourth-order valence-corrected chi connectivity index (χ4v) is 4.62. The molecule has 0 radical (unpaired) electrons. The summed E-state index contributed by atoms with van der Waals surface area (Å²) >= 11 is 0. The normalized spacial score (nSPS) is 13.6. The molecule has 0 bridgehead atoms. The van der Waals surface area contributed by atoms with E-state index in [9.17, 15) is 14.0 Å². The van der Waals surface area contributed by atoms with Gasteiger partial charge in [-0.05, 0) is 67.4 Å². The number of hydrogen-bond donors (Lipinski definition) is 3. The number of carbonyl (C=O) groups excluding carboxylic acids is 2. The summed E-state index contributed by atoms with van der Waals surface area (Å²) in [4.78, 5) is 33.7. The number of benzene rings is 3. The molecule has 1 fully saturated rings. The van der Waals surface area contributed by atoms with E-state index in [0.717, 1.165) is 16.4 Å². The van der Waals surface area contributed by atoms with E-state index in [4.69, 9.17) is 14.2 Å². The topological polar surface area (TPSA) is 115 Å². The van der Waals surface area contributed by atoms with Crippen molar-refractivity contribution in [2.75, 3.05) is 24.9 Å². The van der Waals surface area contributed by atoms with E-state index in [1.54, 1.807) is 50.7 Å². The van der Waals surface area contributed by atoms with Crippen LogP contribution in [-0.2, 0) is 9.59 Å². The van der Waals surface area contributed by atoms with Crippen molar-refractivity contribution < 1.29 is 28.2 Å². The van der Waals surface area contributed by atoms with Gasteiger partial charge in [-0.3, -0.25) is 14.6 Å². The highest BCUT2D eigenvalue weighted by Crippen LogP contribution is 2.47. The molecule has 2 amide bonds. The number of fused-ring (bicyclic) bond motifs is 3. The number of ether oxygens (including phenoxy) is 3. The van der Waals surface area contributed by atoms with Crippen molar-refractivity contribution in [3.8, 4) is 23.0 Å². The molecule has 3 aromatic carbocycles. The van der Waals surface area contributed by atoms with Gasteiger partial charge in [0.05, 0.1) is 25.3 Å². The van der Waals surface area contributed by atoms with Gasteiger partial charge in [0.1, 0.15) is 22.5 Å². The predicted octanol–water partition coefficient (Wildman–Crippen LogP) is 6.02. The summed E-state index contributed by atoms with van der Waals surface area (Å²) in [7, 11) is 3.16. The second kappa shape index (κ2) is 9.88. The number of halogens is 1. The molecule has 3 N–H and O–H groups in total. The lowest BCUT2D eigenvalue weighted by molar-refractivity contribution is -0.131. The van der Waals surface area contributed by atoms with Crippen LogP contribution in [0.3, 0.4) is 0 Å². The first-order chi connectivity index (χ1) is 19.4. The Labute approximate surface area is 228 Å². The summed E-state index contributed by atoms with van der Waals surface area (Å²) in [5.74, 6) is 1.12. The monoisotopic (exact) mass is 540 g/mol. The molecule has 1 saturated carbocycles. The Morgan fingerprint density at radius 3 is 2.05 bits per heavy atom. The van der Waals surface area contributed by atoms with E-state index in [0.29, 0.717) is 52.7 Å². The highest BCUT2D eigenvalue weighted by molar-refractivity contribution is 6.17. The van der Waals surface area contributed by atoms with Gasteiger partial charge in [0.15, 0.2) is 17.2 Å². The Balaban J connectivity index is 1.17. The number of anilines is 2. The van der Waals surface area contributed by atoms with Gasteiger partial charge in [0.2, 0.25) is 11.8 Å². The summed E-state index contributed by atoms with van der Waals surface area (Å²) < 4.78 is 30.2. The standard InChI is InChI=1S/C30H25FN4O5/c1-38-24-15-21-22(16-25(24)39-2)35-27-23(11-14-32-26(21)27)40-20-9-7-19(8-10-20)34-29(37)30(12-13-30)28(36)33-18-5-3-17(31)4-6-18/h3-11,14-16,35H,12-13H2,1-2H3,(H,33,36)(H,34,37). The van der Waals surface area contributed by atoms with Crippen molar-refractivity contribution >= 4 is 45.1 Å². The Morgan fingerprint density at radius 1 is 0.850 bits per heavy atom. The molecule has 2 heterocycles. The molecule has 0 atom stereocenters. The van der Waals surface area contributed by atoms with E-state index in [2.05, 4.69) is 20.6 Å². The number of carbonyl (C=O) groups is 2. The number of nitrogens with one attached hydrogen (secondary N) is 3. The summed E-state index contributed by atoms with van der Waals surface area (Å²) in [5, 5.41) is 6.40. The van der Waals surface area contributed by atoms with Crippen LogP contribution in [0.5, 0.6) is 23.0 Å². The third kappa shape index (κ3) is 4.53. The second-order valence-electron chi connectivity index (χ2n) is 9.53. The van der Waals surface area contributed by atoms with Crippen molar-refractivity contribution in [3.63, 3.8) is 0 Å². The molecule has 0 spiro atoms. The van der Waals surface area contributed by atoms with Crippen molar-refractivity contribution in [2.24, 2.45) is 5.41 Å². The van der Waals surface area contributed by atoms with Gasteiger partial charge in [-0.15, -0.1) is 0 Å². The van der Waals surface area contributed by atoms with E-state index in [1.807, 2.05) is 12.1 Å². The quantitative estimate of drug-likeness (QED) is 0.207. The Bertz CT molecular complexity index is 1740. The zero-order chi connectivity index (χ0) is 27.9. The maximum atomic E-state index is 13.2. The van der Waals surface area contributed by atoms with Crippen molar-refractivity contribution in [1.82, 2.24) is 9.97 Å². The van der Waals surface area contributed by atoms with Crippen molar-refractivity contribution in [1.29, 1.82) is 0 Å². The van der Waals surface area contributed by atoms with Crippen molar-refractivity contribution in [3.05, 3.63) is 78.7 Å². The summed E-state index contributed by atoms with van der Waals surface area (Å²) in [5.41, 5.74) is 2.09. The first-order valence-corrected chi connectivity index (χ1v) is 12.6. The molecule has 6 rings (SSSR count). The minimum Gasteiger partial charge on any atom is -0.493 e. The number of amides is 2. The summed E-state index contributed by atoms with van der Waals surface area (Å²) in [6, 6.07) is 17.8. The second-order valence-corrected chi connectivity index (χ2v) is 9.53. The molecule has 40 heavy (non-hydrogen) atoms. The Hall–Kier alpha value is -5.12. The van der Waals surface area contributed by atoms with Crippen LogP contribution < -0.4 is 24.8 Å². The van der Waals surface area contributed by atoms with Crippen LogP contribution in [0.15, 0.2) is 72.9 Å². The number of H-pyrrole nitrogens is 1. The number of methoxy groups -OCH3 is 2. The average molecular weight is 541 g/mol. The van der Waals surface area contributed by atoms with E-state index in [-0.39, 0.29) is 5.91 Å². The zero-order valence-corrected chi connectivity index (χ0v) is 21.7. The molecule has 2 aromatic heterocycles. The van der Waals surface area contributed by atoms with Gasteiger partial charge in [-0.2, -0.15) is 0 Å². The maximum absolute atomic E-state index is 13.2. The minimum absolute atomic E-state index is 0.388. The maximum Gasteiger partial charge on any atom is 0.240 e. The van der Waals surface area contributed by atoms with Gasteiger partial charge >= 0.3 is 0 Å². The van der Waals surface area contributed by atoms with Crippen LogP contribution >= 0.6 is 0 Å². The number of pyridine rings is 1. The lowest BCUT2D eigenvalue weighted by Crippen LogP contribution is -2.35. The molecule has 10 heteroatoms. The van der Waals surface area contributed by atoms with Gasteiger partial charge < -0.3 is 29.8 Å². The lowest BCUT2D eigenvalue weighted by Gasteiger charge is -2.16. The number of aromatic nitrogens is 2. The van der Waals surface area contributed by atoms with Gasteiger partial charge in [0, 0.05) is 35.1 Å². The van der Waals surface area contributed by atoms with Gasteiger partial charge in [-0.25, -0.2) is 4.39 Å². The first kappa shape index (κ1) is 25.2. The van der Waals surface area contributed by atoms with Crippen LogP contribution in [0.2, 0.25) is 0 Å². The summed E-state index contributed by atoms with van der Waals surface area (Å²) in [6.45, 7) is 0. The molecular formula is C30H25FN4O5. The van der Waals surface area contributed by atoms with E-state index >= 15 is 0 Å². The SMILES string of the molecule is COc1cc2[nH]c3c(Oc4ccc(NC(=O)C5(C(=O)Nc6ccc(F)cc6)CC5)cc4)ccnc3c2cc1OC. The highest BCUT2D eigenvalue weighted by atomic mass is 19.1. The molecule has 0 unspecified atom stereocenters. The minimum atomic E-state index is -1.15. The number of nitrogens with zero attached hydrogens (tertiary/aromatic N) is 1. The molecule has 0 aliphatic heterocycles. The zero-order valence-electron chi connectivity index (χ0n) is 21.7. The first-order valence-electron chi connectivity index (χ1n) is 12.6. The van der Waals surface area contributed by atoms with Crippen LogP contribution in [-0.4, -0.2) is 36.0 Å². The van der Waals surface area contributed by atoms with Gasteiger partial charge in [-0.1, -0.05) is 0 Å². The molecule has 0 saturated heterocycles. The average Bonchev–Trinajstić information content (AvgIpc) is 3.71. The Morgan fingerprint density at radius 2 is 1.45 bits per heavy atom. The third-order valence-corrected chi connectivity index (χ3v) is 7.01. The molecule has 9 nitrogen and oxygen atoms in total. The van der Waals surface area contributed by atoms with Crippen LogP contribution in [0.4, 0.5) is 15.8 Å². The summed E-state index contributed by atoms with van der Waals surface area (Å²) in [6.07, 6.45) is 2.54. The van der Waals surface area contributed by atoms with Crippen molar-refractivity contribution in [2.45, 2.75) is 12.8 Å². The smallest absolute Gasteiger partial charge is 0.240 e.